The first-order valence-corrected chi connectivity index (χ1v) is 17.1. The zero-order chi connectivity index (χ0) is 32.7. The number of halogens is 2. The molecule has 0 spiro atoms. The number of pyridine rings is 1. The number of ether oxygens (including phenoxy) is 1. The van der Waals surface area contributed by atoms with Crippen molar-refractivity contribution in [1.29, 1.82) is 0 Å². The van der Waals surface area contributed by atoms with Crippen LogP contribution in [0.5, 0.6) is 5.88 Å². The standard InChI is InChI=1S/C35H38ClFN4O4S/c1-24-21-38-23-28(41(24)46(43,44)29-9-4-3-5-10-29)8-6-11-30-32(37)12-7-13-33(30)40-34(42)20-31(25-14-17-27(36)18-15-25)26-16-19-35(45-2)39-22-26/h3-5,7,9-10,12-19,22,24,28,31,38H,6,8,11,20-21,23H2,1-2H3,(H,40,42). The van der Waals surface area contributed by atoms with Gasteiger partial charge in [-0.25, -0.2) is 17.8 Å². The lowest BCUT2D eigenvalue weighted by Gasteiger charge is -2.40. The molecule has 0 saturated carbocycles. The molecule has 1 aliphatic rings. The van der Waals surface area contributed by atoms with Crippen LogP contribution in [0, 0.1) is 5.82 Å². The SMILES string of the molecule is COc1ccc(C(CC(=O)Nc2cccc(F)c2CCCC2CNCC(C)N2S(=O)(=O)c2ccccc2)c2ccc(Cl)cc2)cn1. The van der Waals surface area contributed by atoms with Crippen molar-refractivity contribution in [3.63, 3.8) is 0 Å². The Morgan fingerprint density at radius 2 is 1.78 bits per heavy atom. The molecule has 2 heterocycles. The first-order valence-electron chi connectivity index (χ1n) is 15.3. The quantitative estimate of drug-likeness (QED) is 0.181. The monoisotopic (exact) mass is 664 g/mol. The highest BCUT2D eigenvalue weighted by Crippen LogP contribution is 2.31. The Balaban J connectivity index is 1.30. The minimum atomic E-state index is -3.71. The molecule has 1 amide bonds. The maximum Gasteiger partial charge on any atom is 0.243 e. The summed E-state index contributed by atoms with van der Waals surface area (Å²) in [6, 6.07) is 23.5. The van der Waals surface area contributed by atoms with E-state index in [0.29, 0.717) is 54.5 Å². The molecule has 1 saturated heterocycles. The van der Waals surface area contributed by atoms with Gasteiger partial charge in [-0.15, -0.1) is 0 Å². The minimum absolute atomic E-state index is 0.0868. The number of methoxy groups -OCH3 is 1. The highest BCUT2D eigenvalue weighted by molar-refractivity contribution is 7.89. The van der Waals surface area contributed by atoms with Crippen molar-refractivity contribution in [2.45, 2.75) is 55.5 Å². The number of hydrogen-bond donors (Lipinski definition) is 2. The van der Waals surface area contributed by atoms with Crippen molar-refractivity contribution < 1.29 is 22.3 Å². The summed E-state index contributed by atoms with van der Waals surface area (Å²) >= 11 is 6.12. The zero-order valence-electron chi connectivity index (χ0n) is 25.8. The van der Waals surface area contributed by atoms with Gasteiger partial charge in [0.2, 0.25) is 21.8 Å². The molecule has 242 valence electrons. The minimum Gasteiger partial charge on any atom is -0.481 e. The van der Waals surface area contributed by atoms with Crippen LogP contribution in [0.3, 0.4) is 0 Å². The summed E-state index contributed by atoms with van der Waals surface area (Å²) in [6.07, 6.45) is 3.14. The Bertz CT molecular complexity index is 1720. The van der Waals surface area contributed by atoms with E-state index in [4.69, 9.17) is 16.3 Å². The number of benzene rings is 3. The van der Waals surface area contributed by atoms with Crippen molar-refractivity contribution >= 4 is 33.2 Å². The van der Waals surface area contributed by atoms with Crippen LogP contribution in [0.25, 0.3) is 0 Å². The summed E-state index contributed by atoms with van der Waals surface area (Å²) in [7, 11) is -2.17. The number of piperazine rings is 1. The van der Waals surface area contributed by atoms with Gasteiger partial charge in [0, 0.05) is 66.0 Å². The van der Waals surface area contributed by atoms with E-state index in [1.165, 1.54) is 13.2 Å². The number of aromatic nitrogens is 1. The van der Waals surface area contributed by atoms with Crippen molar-refractivity contribution in [2.24, 2.45) is 0 Å². The zero-order valence-corrected chi connectivity index (χ0v) is 27.4. The van der Waals surface area contributed by atoms with Crippen LogP contribution in [-0.4, -0.2) is 55.9 Å². The average Bonchev–Trinajstić information content (AvgIpc) is 3.06. The molecule has 4 aromatic rings. The molecule has 11 heteroatoms. The Morgan fingerprint density at radius 3 is 2.48 bits per heavy atom. The van der Waals surface area contributed by atoms with Gasteiger partial charge in [-0.3, -0.25) is 4.79 Å². The molecule has 2 N–H and O–H groups in total. The normalized spacial score (nSPS) is 17.7. The van der Waals surface area contributed by atoms with Gasteiger partial charge in [0.15, 0.2) is 0 Å². The highest BCUT2D eigenvalue weighted by atomic mass is 35.5. The van der Waals surface area contributed by atoms with Crippen molar-refractivity contribution in [3.05, 3.63) is 119 Å². The fourth-order valence-corrected chi connectivity index (χ4v) is 8.04. The number of sulfonamides is 1. The summed E-state index contributed by atoms with van der Waals surface area (Å²) in [5.41, 5.74) is 2.50. The molecular weight excluding hydrogens is 627 g/mol. The van der Waals surface area contributed by atoms with Gasteiger partial charge in [-0.05, 0) is 73.7 Å². The van der Waals surface area contributed by atoms with Crippen LogP contribution in [-0.2, 0) is 21.2 Å². The third-order valence-electron chi connectivity index (χ3n) is 8.32. The van der Waals surface area contributed by atoms with Gasteiger partial charge in [0.25, 0.3) is 0 Å². The molecule has 1 aromatic heterocycles. The van der Waals surface area contributed by atoms with Crippen molar-refractivity contribution in [2.75, 3.05) is 25.5 Å². The molecule has 8 nitrogen and oxygen atoms in total. The van der Waals surface area contributed by atoms with Crippen LogP contribution in [0.4, 0.5) is 10.1 Å². The van der Waals surface area contributed by atoms with E-state index < -0.39 is 15.8 Å². The number of nitrogens with zero attached hydrogens (tertiary/aromatic N) is 2. The van der Waals surface area contributed by atoms with Gasteiger partial charge in [0.05, 0.1) is 12.0 Å². The lowest BCUT2D eigenvalue weighted by molar-refractivity contribution is -0.116. The topological polar surface area (TPSA) is 101 Å². The van der Waals surface area contributed by atoms with E-state index in [-0.39, 0.29) is 35.2 Å². The largest absolute Gasteiger partial charge is 0.481 e. The molecule has 0 aliphatic carbocycles. The molecule has 1 aliphatic heterocycles. The Kier molecular flexibility index (Phi) is 11.1. The molecule has 5 rings (SSSR count). The van der Waals surface area contributed by atoms with Crippen molar-refractivity contribution in [1.82, 2.24) is 14.6 Å². The molecule has 3 atom stereocenters. The predicted octanol–water partition coefficient (Wildman–Crippen LogP) is 6.42. The number of rotatable bonds is 12. The first kappa shape index (κ1) is 33.5. The number of hydrogen-bond acceptors (Lipinski definition) is 6. The van der Waals surface area contributed by atoms with Crippen molar-refractivity contribution in [3.8, 4) is 5.88 Å². The third-order valence-corrected chi connectivity index (χ3v) is 10.7. The maximum absolute atomic E-state index is 15.2. The Morgan fingerprint density at radius 1 is 1.04 bits per heavy atom. The van der Waals surface area contributed by atoms with E-state index in [9.17, 15) is 13.2 Å². The van der Waals surface area contributed by atoms with Crippen LogP contribution < -0.4 is 15.4 Å². The molecule has 46 heavy (non-hydrogen) atoms. The van der Waals surface area contributed by atoms with Crippen LogP contribution in [0.2, 0.25) is 5.02 Å². The molecule has 0 bridgehead atoms. The highest BCUT2D eigenvalue weighted by Gasteiger charge is 2.37. The van der Waals surface area contributed by atoms with Gasteiger partial charge < -0.3 is 15.4 Å². The van der Waals surface area contributed by atoms with Crippen LogP contribution in [0.15, 0.2) is 96.0 Å². The first-order chi connectivity index (χ1) is 22.2. The summed E-state index contributed by atoms with van der Waals surface area (Å²) in [6.45, 7) is 2.95. The number of carbonyl (C=O) groups excluding carboxylic acids is 1. The number of carbonyl (C=O) groups is 1. The molecule has 3 aromatic carbocycles. The second-order valence-electron chi connectivity index (χ2n) is 11.5. The van der Waals surface area contributed by atoms with Crippen LogP contribution in [0.1, 0.15) is 48.8 Å². The lowest BCUT2D eigenvalue weighted by Crippen LogP contribution is -2.58. The van der Waals surface area contributed by atoms with Gasteiger partial charge >= 0.3 is 0 Å². The van der Waals surface area contributed by atoms with E-state index in [0.717, 1.165) is 11.1 Å². The molecular formula is C35H38ClFN4O4S. The smallest absolute Gasteiger partial charge is 0.243 e. The Labute approximate surface area is 275 Å². The summed E-state index contributed by atoms with van der Waals surface area (Å²) in [5, 5.41) is 6.86. The second kappa shape index (κ2) is 15.2. The second-order valence-corrected chi connectivity index (χ2v) is 13.7. The van der Waals surface area contributed by atoms with Gasteiger partial charge in [-0.1, -0.05) is 54.1 Å². The van der Waals surface area contributed by atoms with E-state index >= 15 is 4.39 Å². The van der Waals surface area contributed by atoms with E-state index in [1.807, 2.05) is 25.1 Å². The van der Waals surface area contributed by atoms with E-state index in [2.05, 4.69) is 15.6 Å². The fourth-order valence-electron chi connectivity index (χ4n) is 6.05. The number of amides is 1. The lowest BCUT2D eigenvalue weighted by atomic mass is 9.89. The van der Waals surface area contributed by atoms with E-state index in [1.54, 1.807) is 71.2 Å². The summed E-state index contributed by atoms with van der Waals surface area (Å²) in [4.78, 5) is 18.1. The average molecular weight is 665 g/mol. The fraction of sp³-hybridized carbons (Fsp3) is 0.314. The molecule has 1 fully saturated rings. The number of anilines is 1. The third kappa shape index (κ3) is 7.93. The Hall–Kier alpha value is -3.83. The predicted molar refractivity (Wildman–Crippen MR) is 178 cm³/mol. The molecule has 0 radical (unpaired) electrons. The van der Waals surface area contributed by atoms with Gasteiger partial charge in [-0.2, -0.15) is 4.31 Å². The van der Waals surface area contributed by atoms with Gasteiger partial charge in [0.1, 0.15) is 5.82 Å². The number of nitrogens with one attached hydrogen (secondary N) is 2. The summed E-state index contributed by atoms with van der Waals surface area (Å²) < 4.78 is 49.2. The molecule has 3 unspecified atom stereocenters. The maximum atomic E-state index is 15.2. The summed E-state index contributed by atoms with van der Waals surface area (Å²) in [5.74, 6) is -0.568. The van der Waals surface area contributed by atoms with Crippen LogP contribution >= 0.6 is 11.6 Å².